The van der Waals surface area contributed by atoms with Crippen molar-refractivity contribution in [1.29, 1.82) is 0 Å². The molecular weight excluding hydrogens is 403 g/mol. The van der Waals surface area contributed by atoms with E-state index in [1.54, 1.807) is 30.5 Å². The predicted octanol–water partition coefficient (Wildman–Crippen LogP) is 3.24. The minimum atomic E-state index is -0.396. The minimum absolute atomic E-state index is 0.0471. The van der Waals surface area contributed by atoms with E-state index in [9.17, 15) is 4.39 Å². The maximum atomic E-state index is 13.4. The Labute approximate surface area is 175 Å². The summed E-state index contributed by atoms with van der Waals surface area (Å²) in [6.07, 6.45) is 4.02. The number of rotatable bonds is 7. The molecule has 1 aromatic carbocycles. The zero-order valence-electron chi connectivity index (χ0n) is 16.2. The van der Waals surface area contributed by atoms with Gasteiger partial charge >= 0.3 is 0 Å². The fourth-order valence-electron chi connectivity index (χ4n) is 2.76. The van der Waals surface area contributed by atoms with Crippen molar-refractivity contribution >= 4 is 17.6 Å². The van der Waals surface area contributed by atoms with Crippen molar-refractivity contribution in [2.24, 2.45) is 5.92 Å². The Morgan fingerprint density at radius 1 is 1.10 bits per heavy atom. The number of ether oxygens (including phenoxy) is 1. The maximum Gasteiger partial charge on any atom is 0.259 e. The van der Waals surface area contributed by atoms with Crippen molar-refractivity contribution in [1.82, 2.24) is 30.1 Å². The molecule has 4 aromatic rings. The average molecular weight is 420 g/mol. The third-order valence-corrected chi connectivity index (χ3v) is 4.51. The summed E-state index contributed by atoms with van der Waals surface area (Å²) in [5.41, 5.74) is 6.86. The number of pyridine rings is 1. The molecule has 1 fully saturated rings. The largest absolute Gasteiger partial charge is 0.477 e. The molecular formula is C20H17FN8O2. The highest BCUT2D eigenvalue weighted by Crippen LogP contribution is 2.29. The van der Waals surface area contributed by atoms with Crippen LogP contribution in [0.1, 0.15) is 12.8 Å². The van der Waals surface area contributed by atoms with Gasteiger partial charge in [-0.25, -0.2) is 9.37 Å². The van der Waals surface area contributed by atoms with Gasteiger partial charge in [-0.2, -0.15) is 19.9 Å². The van der Waals surface area contributed by atoms with Crippen molar-refractivity contribution in [2.45, 2.75) is 12.8 Å². The number of aromatic nitrogens is 6. The van der Waals surface area contributed by atoms with E-state index >= 15 is 0 Å². The molecule has 0 spiro atoms. The summed E-state index contributed by atoms with van der Waals surface area (Å²) in [5, 5.41) is 6.79. The van der Waals surface area contributed by atoms with Gasteiger partial charge in [0, 0.05) is 18.0 Å². The van der Waals surface area contributed by atoms with Crippen molar-refractivity contribution in [3.05, 3.63) is 48.4 Å². The number of nitrogens with zero attached hydrogens (tertiary/aromatic N) is 6. The van der Waals surface area contributed by atoms with Crippen LogP contribution in [-0.4, -0.2) is 36.7 Å². The Morgan fingerprint density at radius 2 is 2.00 bits per heavy atom. The van der Waals surface area contributed by atoms with E-state index in [4.69, 9.17) is 15.0 Å². The van der Waals surface area contributed by atoms with Crippen LogP contribution >= 0.6 is 0 Å². The van der Waals surface area contributed by atoms with Gasteiger partial charge in [0.2, 0.25) is 29.4 Å². The van der Waals surface area contributed by atoms with Crippen LogP contribution < -0.4 is 15.8 Å². The standard InChI is InChI=1S/C20H17FN8O2/c21-13-2-1-3-14(8-13)24-20-27-16(26-19(22)28-20)17-25-18(31-29-17)12-6-7-15(23-9-12)30-10-11-4-5-11/h1-3,6-9,11H,4-5,10H2,(H3,22,24,26,27,28). The fourth-order valence-corrected chi connectivity index (χ4v) is 2.76. The molecule has 0 radical (unpaired) electrons. The number of anilines is 3. The molecule has 0 amide bonds. The Hall–Kier alpha value is -4.15. The lowest BCUT2D eigenvalue weighted by Crippen LogP contribution is -2.05. The molecule has 1 saturated carbocycles. The van der Waals surface area contributed by atoms with Crippen LogP contribution in [0.25, 0.3) is 23.1 Å². The second-order valence-electron chi connectivity index (χ2n) is 7.04. The third-order valence-electron chi connectivity index (χ3n) is 4.51. The van der Waals surface area contributed by atoms with E-state index in [1.807, 2.05) is 0 Å². The molecule has 1 aliphatic rings. The molecule has 0 atom stereocenters. The summed E-state index contributed by atoms with van der Waals surface area (Å²) in [7, 11) is 0. The van der Waals surface area contributed by atoms with Gasteiger partial charge in [0.05, 0.1) is 12.2 Å². The number of halogens is 1. The highest BCUT2D eigenvalue weighted by atomic mass is 19.1. The van der Waals surface area contributed by atoms with Gasteiger partial charge in [-0.3, -0.25) is 0 Å². The average Bonchev–Trinajstić information content (AvgIpc) is 3.46. The summed E-state index contributed by atoms with van der Waals surface area (Å²) in [6, 6.07) is 9.40. The van der Waals surface area contributed by atoms with Crippen molar-refractivity contribution < 1.29 is 13.7 Å². The molecule has 1 aliphatic carbocycles. The van der Waals surface area contributed by atoms with Crippen LogP contribution in [0.3, 0.4) is 0 Å². The Bertz CT molecular complexity index is 1210. The first-order chi connectivity index (χ1) is 15.1. The Morgan fingerprint density at radius 3 is 2.77 bits per heavy atom. The summed E-state index contributed by atoms with van der Waals surface area (Å²) in [5.74, 6) is 1.36. The lowest BCUT2D eigenvalue weighted by atomic mass is 10.3. The minimum Gasteiger partial charge on any atom is -0.477 e. The van der Waals surface area contributed by atoms with Gasteiger partial charge in [-0.05, 0) is 43.0 Å². The summed E-state index contributed by atoms with van der Waals surface area (Å²) >= 11 is 0. The molecule has 10 nitrogen and oxygen atoms in total. The van der Waals surface area contributed by atoms with E-state index in [0.29, 0.717) is 29.7 Å². The maximum absolute atomic E-state index is 13.4. The molecule has 11 heteroatoms. The number of hydrogen-bond donors (Lipinski definition) is 2. The lowest BCUT2D eigenvalue weighted by molar-refractivity contribution is 0.288. The number of nitrogen functional groups attached to an aromatic ring is 1. The summed E-state index contributed by atoms with van der Waals surface area (Å²) in [4.78, 5) is 20.9. The molecule has 3 aromatic heterocycles. The molecule has 156 valence electrons. The zero-order chi connectivity index (χ0) is 21.2. The molecule has 0 saturated heterocycles. The van der Waals surface area contributed by atoms with Crippen molar-refractivity contribution in [3.8, 4) is 29.0 Å². The van der Waals surface area contributed by atoms with Crippen LogP contribution in [-0.2, 0) is 0 Å². The van der Waals surface area contributed by atoms with Crippen LogP contribution in [0.15, 0.2) is 47.1 Å². The smallest absolute Gasteiger partial charge is 0.259 e. The van der Waals surface area contributed by atoms with Crippen molar-refractivity contribution in [2.75, 3.05) is 17.7 Å². The van der Waals surface area contributed by atoms with Gasteiger partial charge in [-0.1, -0.05) is 11.2 Å². The lowest BCUT2D eigenvalue weighted by Gasteiger charge is -2.05. The van der Waals surface area contributed by atoms with E-state index in [2.05, 4.69) is 35.4 Å². The van der Waals surface area contributed by atoms with Gasteiger partial charge in [0.15, 0.2) is 0 Å². The fraction of sp³-hybridized carbons (Fsp3) is 0.200. The number of hydrogen-bond acceptors (Lipinski definition) is 10. The molecule has 0 bridgehead atoms. The van der Waals surface area contributed by atoms with Gasteiger partial charge in [0.25, 0.3) is 5.89 Å². The van der Waals surface area contributed by atoms with Gasteiger partial charge < -0.3 is 20.3 Å². The van der Waals surface area contributed by atoms with E-state index in [0.717, 1.165) is 0 Å². The Balaban J connectivity index is 1.34. The quantitative estimate of drug-likeness (QED) is 0.458. The normalized spacial score (nSPS) is 13.2. The molecule has 31 heavy (non-hydrogen) atoms. The molecule has 3 N–H and O–H groups in total. The van der Waals surface area contributed by atoms with Gasteiger partial charge in [0.1, 0.15) is 5.82 Å². The van der Waals surface area contributed by atoms with Crippen molar-refractivity contribution in [3.63, 3.8) is 0 Å². The molecule has 5 rings (SSSR count). The highest BCUT2D eigenvalue weighted by Gasteiger charge is 2.22. The third kappa shape index (κ3) is 4.55. The topological polar surface area (TPSA) is 138 Å². The van der Waals surface area contributed by atoms with Crippen LogP contribution in [0.5, 0.6) is 5.88 Å². The second kappa shape index (κ2) is 7.94. The van der Waals surface area contributed by atoms with E-state index in [-0.39, 0.29) is 29.4 Å². The first-order valence-electron chi connectivity index (χ1n) is 9.60. The molecule has 3 heterocycles. The van der Waals surface area contributed by atoms with Crippen LogP contribution in [0.2, 0.25) is 0 Å². The van der Waals surface area contributed by atoms with Crippen LogP contribution in [0, 0.1) is 11.7 Å². The number of nitrogens with two attached hydrogens (primary N) is 1. The van der Waals surface area contributed by atoms with Crippen LogP contribution in [0.4, 0.5) is 22.0 Å². The predicted molar refractivity (Wildman–Crippen MR) is 109 cm³/mol. The Kier molecular flexibility index (Phi) is 4.83. The molecule has 0 unspecified atom stereocenters. The van der Waals surface area contributed by atoms with Gasteiger partial charge in [-0.15, -0.1) is 0 Å². The highest BCUT2D eigenvalue weighted by molar-refractivity contribution is 5.59. The van der Waals surface area contributed by atoms with E-state index < -0.39 is 5.82 Å². The SMILES string of the molecule is Nc1nc(Nc2cccc(F)c2)nc(-c2noc(-c3ccc(OCC4CC4)nc3)n2)n1. The second-order valence-corrected chi connectivity index (χ2v) is 7.04. The zero-order valence-corrected chi connectivity index (χ0v) is 16.2. The summed E-state index contributed by atoms with van der Waals surface area (Å²) in [6.45, 7) is 0.684. The first kappa shape index (κ1) is 18.9. The number of benzene rings is 1. The monoisotopic (exact) mass is 420 g/mol. The molecule has 0 aliphatic heterocycles. The van der Waals surface area contributed by atoms with E-state index in [1.165, 1.54) is 25.0 Å². The first-order valence-corrected chi connectivity index (χ1v) is 9.60. The summed E-state index contributed by atoms with van der Waals surface area (Å²) < 4.78 is 24.3. The number of nitrogens with one attached hydrogen (secondary N) is 1.